The van der Waals surface area contributed by atoms with Gasteiger partial charge in [-0.3, -0.25) is 9.59 Å². The zero-order valence-corrected chi connectivity index (χ0v) is 14.8. The van der Waals surface area contributed by atoms with Gasteiger partial charge < -0.3 is 15.4 Å². The lowest BCUT2D eigenvalue weighted by atomic mass is 10.2. The summed E-state index contributed by atoms with van der Waals surface area (Å²) in [6, 6.07) is 7.70. The van der Waals surface area contributed by atoms with E-state index in [-0.39, 0.29) is 29.6 Å². The number of benzene rings is 1. The summed E-state index contributed by atoms with van der Waals surface area (Å²) in [7, 11) is -3.69. The number of hydrogen-bond acceptors (Lipinski definition) is 6. The molecule has 9 heteroatoms. The number of amides is 2. The third-order valence-corrected chi connectivity index (χ3v) is 5.44. The molecule has 0 atom stereocenters. The first-order chi connectivity index (χ1) is 12.3. The van der Waals surface area contributed by atoms with Crippen LogP contribution in [0.4, 0.5) is 11.5 Å². The molecule has 0 saturated heterocycles. The van der Waals surface area contributed by atoms with Gasteiger partial charge in [-0.05, 0) is 42.8 Å². The molecule has 0 saturated carbocycles. The SMILES string of the molecule is Cc1ccnc(NC(=O)CCS(=O)(=O)c2ccc3c(c2)NC(=O)CO3)c1. The Hall–Kier alpha value is -2.94. The van der Waals surface area contributed by atoms with Crippen molar-refractivity contribution in [1.29, 1.82) is 0 Å². The van der Waals surface area contributed by atoms with Crippen molar-refractivity contribution < 1.29 is 22.7 Å². The topological polar surface area (TPSA) is 114 Å². The molecule has 8 nitrogen and oxygen atoms in total. The van der Waals surface area contributed by atoms with Gasteiger partial charge in [0, 0.05) is 12.6 Å². The maximum absolute atomic E-state index is 12.5. The van der Waals surface area contributed by atoms with Crippen LogP contribution in [-0.4, -0.2) is 37.6 Å². The van der Waals surface area contributed by atoms with E-state index in [0.717, 1.165) is 5.56 Å². The van der Waals surface area contributed by atoms with Gasteiger partial charge in [0.2, 0.25) is 5.91 Å². The van der Waals surface area contributed by atoms with E-state index < -0.39 is 15.7 Å². The highest BCUT2D eigenvalue weighted by molar-refractivity contribution is 7.91. The van der Waals surface area contributed by atoms with E-state index in [0.29, 0.717) is 17.3 Å². The molecule has 1 aromatic carbocycles. The van der Waals surface area contributed by atoms with Crippen LogP contribution in [0.15, 0.2) is 41.4 Å². The van der Waals surface area contributed by atoms with Gasteiger partial charge in [0.05, 0.1) is 16.3 Å². The van der Waals surface area contributed by atoms with E-state index in [4.69, 9.17) is 4.74 Å². The fourth-order valence-electron chi connectivity index (χ4n) is 2.41. The number of nitrogens with zero attached hydrogens (tertiary/aromatic N) is 1. The second-order valence-electron chi connectivity index (χ2n) is 5.83. The van der Waals surface area contributed by atoms with Gasteiger partial charge in [-0.2, -0.15) is 0 Å². The van der Waals surface area contributed by atoms with Crippen molar-refractivity contribution in [1.82, 2.24) is 4.98 Å². The van der Waals surface area contributed by atoms with Crippen LogP contribution >= 0.6 is 0 Å². The minimum atomic E-state index is -3.69. The zero-order valence-electron chi connectivity index (χ0n) is 14.0. The van der Waals surface area contributed by atoms with Crippen LogP contribution < -0.4 is 15.4 Å². The molecule has 1 aliphatic rings. The maximum Gasteiger partial charge on any atom is 0.262 e. The normalized spacial score (nSPS) is 13.3. The molecule has 2 N–H and O–H groups in total. The monoisotopic (exact) mass is 375 g/mol. The molecule has 0 fully saturated rings. The van der Waals surface area contributed by atoms with Crippen LogP contribution in [-0.2, 0) is 19.4 Å². The summed E-state index contributed by atoms with van der Waals surface area (Å²) >= 11 is 0. The maximum atomic E-state index is 12.5. The second-order valence-corrected chi connectivity index (χ2v) is 7.94. The molecule has 26 heavy (non-hydrogen) atoms. The minimum Gasteiger partial charge on any atom is -0.482 e. The molecule has 0 spiro atoms. The number of carbonyl (C=O) groups excluding carboxylic acids is 2. The lowest BCUT2D eigenvalue weighted by Crippen LogP contribution is -2.25. The number of nitrogens with one attached hydrogen (secondary N) is 2. The molecule has 2 aromatic rings. The summed E-state index contributed by atoms with van der Waals surface area (Å²) in [6.45, 7) is 1.76. The summed E-state index contributed by atoms with van der Waals surface area (Å²) in [5.74, 6) is -0.371. The highest BCUT2D eigenvalue weighted by atomic mass is 32.2. The molecule has 1 aromatic heterocycles. The van der Waals surface area contributed by atoms with Crippen LogP contribution in [0.5, 0.6) is 5.75 Å². The third-order valence-electron chi connectivity index (χ3n) is 3.72. The highest BCUT2D eigenvalue weighted by Gasteiger charge is 2.22. The number of hydrogen-bond donors (Lipinski definition) is 2. The van der Waals surface area contributed by atoms with Crippen molar-refractivity contribution in [3.63, 3.8) is 0 Å². The first-order valence-electron chi connectivity index (χ1n) is 7.85. The van der Waals surface area contributed by atoms with Gasteiger partial charge in [-0.1, -0.05) is 0 Å². The number of pyridine rings is 1. The molecule has 0 radical (unpaired) electrons. The number of aryl methyl sites for hydroxylation is 1. The number of aromatic nitrogens is 1. The van der Waals surface area contributed by atoms with E-state index in [9.17, 15) is 18.0 Å². The van der Waals surface area contributed by atoms with Crippen LogP contribution in [0.2, 0.25) is 0 Å². The van der Waals surface area contributed by atoms with Gasteiger partial charge in [-0.25, -0.2) is 13.4 Å². The van der Waals surface area contributed by atoms with E-state index >= 15 is 0 Å². The summed E-state index contributed by atoms with van der Waals surface area (Å²) in [5.41, 5.74) is 1.23. The van der Waals surface area contributed by atoms with Crippen molar-refractivity contribution in [2.45, 2.75) is 18.2 Å². The van der Waals surface area contributed by atoms with E-state index in [1.165, 1.54) is 18.2 Å². The molecule has 2 amide bonds. The number of fused-ring (bicyclic) bond motifs is 1. The Kier molecular flexibility index (Phi) is 4.90. The van der Waals surface area contributed by atoms with Crippen LogP contribution in [0, 0.1) is 6.92 Å². The average Bonchev–Trinajstić information content (AvgIpc) is 2.59. The highest BCUT2D eigenvalue weighted by Crippen LogP contribution is 2.30. The first-order valence-corrected chi connectivity index (χ1v) is 9.51. The van der Waals surface area contributed by atoms with Crippen molar-refractivity contribution in [3.05, 3.63) is 42.1 Å². The molecular formula is C17H17N3O5S. The fourth-order valence-corrected chi connectivity index (χ4v) is 3.67. The van der Waals surface area contributed by atoms with Crippen LogP contribution in [0.3, 0.4) is 0 Å². The van der Waals surface area contributed by atoms with Gasteiger partial charge in [0.25, 0.3) is 5.91 Å². The Labute approximate surface area is 150 Å². The van der Waals surface area contributed by atoms with Gasteiger partial charge >= 0.3 is 0 Å². The van der Waals surface area contributed by atoms with Crippen LogP contribution in [0.25, 0.3) is 0 Å². The second kappa shape index (κ2) is 7.12. The number of ether oxygens (including phenoxy) is 1. The van der Waals surface area contributed by atoms with E-state index in [1.54, 1.807) is 18.3 Å². The third kappa shape index (κ3) is 4.17. The molecule has 2 heterocycles. The molecule has 3 rings (SSSR count). The first kappa shape index (κ1) is 17.9. The van der Waals surface area contributed by atoms with E-state index in [1.807, 2.05) is 6.92 Å². The Morgan fingerprint density at radius 1 is 1.31 bits per heavy atom. The van der Waals surface area contributed by atoms with Crippen molar-refractivity contribution >= 4 is 33.2 Å². The number of rotatable bonds is 5. The average molecular weight is 375 g/mol. The fraction of sp³-hybridized carbons (Fsp3) is 0.235. The summed E-state index contributed by atoms with van der Waals surface area (Å²) < 4.78 is 30.1. The van der Waals surface area contributed by atoms with Crippen molar-refractivity contribution in [2.75, 3.05) is 23.0 Å². The lowest BCUT2D eigenvalue weighted by molar-refractivity contribution is -0.118. The number of carbonyl (C=O) groups is 2. The number of anilines is 2. The predicted molar refractivity (Wildman–Crippen MR) is 94.8 cm³/mol. The van der Waals surface area contributed by atoms with Gasteiger partial charge in [-0.15, -0.1) is 0 Å². The standard InChI is InChI=1S/C17H17N3O5S/c1-11-4-6-18-15(8-11)20-16(21)5-7-26(23,24)12-2-3-14-13(9-12)19-17(22)10-25-14/h2-4,6,8-9H,5,7,10H2,1H3,(H,19,22)(H,18,20,21). The smallest absolute Gasteiger partial charge is 0.262 e. The Morgan fingerprint density at radius 2 is 2.12 bits per heavy atom. The Bertz CT molecular complexity index is 972. The summed E-state index contributed by atoms with van der Waals surface area (Å²) in [4.78, 5) is 27.4. The van der Waals surface area contributed by atoms with E-state index in [2.05, 4.69) is 15.6 Å². The molecule has 0 bridgehead atoms. The summed E-state index contributed by atoms with van der Waals surface area (Å²) in [6.07, 6.45) is 1.35. The van der Waals surface area contributed by atoms with Crippen molar-refractivity contribution in [2.24, 2.45) is 0 Å². The Morgan fingerprint density at radius 3 is 2.88 bits per heavy atom. The summed E-state index contributed by atoms with van der Waals surface area (Å²) in [5, 5.41) is 5.13. The predicted octanol–water partition coefficient (Wildman–Crippen LogP) is 1.52. The molecule has 0 aliphatic carbocycles. The number of sulfone groups is 1. The lowest BCUT2D eigenvalue weighted by Gasteiger charge is -2.18. The van der Waals surface area contributed by atoms with Gasteiger partial charge in [0.1, 0.15) is 11.6 Å². The molecular weight excluding hydrogens is 358 g/mol. The van der Waals surface area contributed by atoms with Gasteiger partial charge in [0.15, 0.2) is 16.4 Å². The molecule has 1 aliphatic heterocycles. The largest absolute Gasteiger partial charge is 0.482 e. The minimum absolute atomic E-state index is 0.0172. The Balaban J connectivity index is 1.66. The zero-order chi connectivity index (χ0) is 18.7. The van der Waals surface area contributed by atoms with Crippen LogP contribution in [0.1, 0.15) is 12.0 Å². The quantitative estimate of drug-likeness (QED) is 0.819. The molecule has 0 unspecified atom stereocenters. The molecule has 136 valence electrons. The van der Waals surface area contributed by atoms with Crippen molar-refractivity contribution in [3.8, 4) is 5.75 Å².